The smallest absolute Gasteiger partial charge is 0.339 e. The second-order valence-corrected chi connectivity index (χ2v) is 8.99. The van der Waals surface area contributed by atoms with Crippen molar-refractivity contribution in [2.45, 2.75) is 38.7 Å². The van der Waals surface area contributed by atoms with Crippen molar-refractivity contribution in [1.29, 1.82) is 0 Å². The minimum atomic E-state index is -1.95. The molecule has 0 fully saturated rings. The van der Waals surface area contributed by atoms with E-state index in [0.29, 0.717) is 28.6 Å². The van der Waals surface area contributed by atoms with Crippen LogP contribution in [-0.4, -0.2) is 24.5 Å². The molecule has 2 aromatic carbocycles. The highest BCUT2D eigenvalue weighted by atomic mass is 79.9. The van der Waals surface area contributed by atoms with Gasteiger partial charge in [0.15, 0.2) is 5.41 Å². The average Bonchev–Trinajstić information content (AvgIpc) is 3.11. The van der Waals surface area contributed by atoms with Crippen molar-refractivity contribution in [3.8, 4) is 0 Å². The number of halogens is 1. The van der Waals surface area contributed by atoms with Gasteiger partial charge in [-0.15, -0.1) is 0 Å². The fourth-order valence-electron chi connectivity index (χ4n) is 4.43. The molecule has 0 bridgehead atoms. The largest absolute Gasteiger partial charge is 0.462 e. The maximum absolute atomic E-state index is 13.8. The van der Waals surface area contributed by atoms with Crippen LogP contribution in [0.3, 0.4) is 0 Å². The number of allylic oxidation sites excluding steroid dienone is 1. The van der Waals surface area contributed by atoms with Crippen molar-refractivity contribution in [3.05, 3.63) is 86.9 Å². The number of hydrogen-bond acceptors (Lipinski definition) is 8. The minimum Gasteiger partial charge on any atom is -0.462 e. The maximum atomic E-state index is 13.8. The minimum absolute atomic E-state index is 0.0484. The standard InChI is InChI=1S/C26H25BrN2O6/c1-3-8-19-20(23(30)33-4-2)26(25(32)35-19)17-13-16(27)11-12-18(17)29-22(28)21(26)24(31)34-14-15-9-6-5-7-10-15/h5-7,9-13,29H,3-4,8,14,28H2,1-2H3/t26-/m0/s1. The number of fused-ring (bicyclic) bond motifs is 2. The van der Waals surface area contributed by atoms with Gasteiger partial charge >= 0.3 is 17.9 Å². The van der Waals surface area contributed by atoms with Gasteiger partial charge < -0.3 is 25.3 Å². The quantitative estimate of drug-likeness (QED) is 0.396. The number of benzene rings is 2. The molecule has 2 heterocycles. The van der Waals surface area contributed by atoms with Crippen LogP contribution in [0.4, 0.5) is 5.69 Å². The number of cyclic esters (lactones) is 1. The molecule has 182 valence electrons. The lowest BCUT2D eigenvalue weighted by atomic mass is 9.66. The van der Waals surface area contributed by atoms with E-state index >= 15 is 0 Å². The summed E-state index contributed by atoms with van der Waals surface area (Å²) in [6, 6.07) is 14.2. The first-order valence-electron chi connectivity index (χ1n) is 11.3. The summed E-state index contributed by atoms with van der Waals surface area (Å²) < 4.78 is 17.2. The molecule has 2 aromatic rings. The Morgan fingerprint density at radius 2 is 1.77 bits per heavy atom. The van der Waals surface area contributed by atoms with Crippen LogP contribution in [0.5, 0.6) is 0 Å². The second kappa shape index (κ2) is 9.95. The van der Waals surface area contributed by atoms with E-state index in [4.69, 9.17) is 19.9 Å². The number of anilines is 1. The van der Waals surface area contributed by atoms with Crippen LogP contribution < -0.4 is 11.1 Å². The van der Waals surface area contributed by atoms with Gasteiger partial charge in [-0.3, -0.25) is 0 Å². The van der Waals surface area contributed by atoms with E-state index in [9.17, 15) is 14.4 Å². The first kappa shape index (κ1) is 24.5. The zero-order valence-electron chi connectivity index (χ0n) is 19.4. The first-order valence-corrected chi connectivity index (χ1v) is 12.0. The van der Waals surface area contributed by atoms with Crippen LogP contribution in [0.25, 0.3) is 0 Å². The molecule has 0 aromatic heterocycles. The van der Waals surface area contributed by atoms with Gasteiger partial charge in [-0.25, -0.2) is 14.4 Å². The molecule has 0 aliphatic carbocycles. The highest BCUT2D eigenvalue weighted by Crippen LogP contribution is 2.53. The summed E-state index contributed by atoms with van der Waals surface area (Å²) in [5, 5.41) is 2.98. The fourth-order valence-corrected chi connectivity index (χ4v) is 4.80. The van der Waals surface area contributed by atoms with E-state index in [0.717, 1.165) is 5.56 Å². The predicted molar refractivity (Wildman–Crippen MR) is 132 cm³/mol. The highest BCUT2D eigenvalue weighted by molar-refractivity contribution is 9.10. The molecule has 9 heteroatoms. The molecule has 1 atom stereocenters. The van der Waals surface area contributed by atoms with Gasteiger partial charge in [-0.05, 0) is 37.1 Å². The van der Waals surface area contributed by atoms with Crippen molar-refractivity contribution in [3.63, 3.8) is 0 Å². The molecule has 0 saturated heterocycles. The van der Waals surface area contributed by atoms with Gasteiger partial charge in [0.1, 0.15) is 29.3 Å². The van der Waals surface area contributed by atoms with E-state index in [1.54, 1.807) is 37.3 Å². The van der Waals surface area contributed by atoms with Crippen molar-refractivity contribution < 1.29 is 28.6 Å². The summed E-state index contributed by atoms with van der Waals surface area (Å²) in [7, 11) is 0. The number of ether oxygens (including phenoxy) is 3. The van der Waals surface area contributed by atoms with Crippen LogP contribution in [0.2, 0.25) is 0 Å². The lowest BCUT2D eigenvalue weighted by Gasteiger charge is -2.36. The number of rotatable bonds is 7. The van der Waals surface area contributed by atoms with Crippen molar-refractivity contribution in [2.24, 2.45) is 5.73 Å². The molecule has 0 saturated carbocycles. The fraction of sp³-hybridized carbons (Fsp3) is 0.269. The van der Waals surface area contributed by atoms with Gasteiger partial charge in [0, 0.05) is 22.1 Å². The molecule has 0 amide bonds. The third kappa shape index (κ3) is 4.20. The van der Waals surface area contributed by atoms with Crippen LogP contribution >= 0.6 is 15.9 Å². The first-order chi connectivity index (χ1) is 16.8. The van der Waals surface area contributed by atoms with Gasteiger partial charge in [0.25, 0.3) is 0 Å². The van der Waals surface area contributed by atoms with Crippen LogP contribution in [0, 0.1) is 0 Å². The van der Waals surface area contributed by atoms with Crippen molar-refractivity contribution in [2.75, 3.05) is 11.9 Å². The van der Waals surface area contributed by atoms with E-state index in [1.807, 2.05) is 25.1 Å². The molecule has 0 radical (unpaired) electrons. The molecule has 4 rings (SSSR count). The predicted octanol–water partition coefficient (Wildman–Crippen LogP) is 4.20. The number of carbonyl (C=O) groups is 3. The Labute approximate surface area is 211 Å². The molecule has 2 aliphatic heterocycles. The zero-order chi connectivity index (χ0) is 25.2. The summed E-state index contributed by atoms with van der Waals surface area (Å²) in [6.45, 7) is 3.57. The normalized spacial score (nSPS) is 18.8. The topological polar surface area (TPSA) is 117 Å². The van der Waals surface area contributed by atoms with E-state index in [2.05, 4.69) is 21.2 Å². The summed E-state index contributed by atoms with van der Waals surface area (Å²) in [6.07, 6.45) is 0.892. The summed E-state index contributed by atoms with van der Waals surface area (Å²) in [4.78, 5) is 40.7. The van der Waals surface area contributed by atoms with Crippen LogP contribution in [0.15, 0.2) is 75.7 Å². The van der Waals surface area contributed by atoms with Gasteiger partial charge in [0.05, 0.1) is 6.61 Å². The number of carbonyl (C=O) groups excluding carboxylic acids is 3. The third-order valence-electron chi connectivity index (χ3n) is 5.85. The lowest BCUT2D eigenvalue weighted by Crippen LogP contribution is -2.47. The Hall–Kier alpha value is -3.59. The van der Waals surface area contributed by atoms with Gasteiger partial charge in [-0.2, -0.15) is 0 Å². The summed E-state index contributed by atoms with van der Waals surface area (Å²) >= 11 is 3.43. The number of hydrogen-bond donors (Lipinski definition) is 2. The zero-order valence-corrected chi connectivity index (χ0v) is 20.9. The molecule has 8 nitrogen and oxygen atoms in total. The average molecular weight is 541 g/mol. The Morgan fingerprint density at radius 3 is 2.46 bits per heavy atom. The Kier molecular flexibility index (Phi) is 6.98. The summed E-state index contributed by atoms with van der Waals surface area (Å²) in [5.74, 6) is -2.35. The van der Waals surface area contributed by atoms with Gasteiger partial charge in [-0.1, -0.05) is 53.2 Å². The van der Waals surface area contributed by atoms with Crippen LogP contribution in [0.1, 0.15) is 37.8 Å². The third-order valence-corrected chi connectivity index (χ3v) is 6.34. The number of esters is 3. The molecule has 1 spiro atoms. The molecule has 35 heavy (non-hydrogen) atoms. The SMILES string of the molecule is CCCC1=C(C(=O)OCC)[C@]2(C(=O)O1)C(C(=O)OCc1ccccc1)=C(N)Nc1ccc(Br)cc12. The van der Waals surface area contributed by atoms with Crippen molar-refractivity contribution >= 4 is 39.5 Å². The molecule has 2 aliphatic rings. The van der Waals surface area contributed by atoms with E-state index < -0.39 is 23.3 Å². The van der Waals surface area contributed by atoms with Crippen molar-refractivity contribution in [1.82, 2.24) is 0 Å². The molecule has 0 unspecified atom stereocenters. The number of nitrogens with one attached hydrogen (secondary N) is 1. The Balaban J connectivity index is 1.93. The highest BCUT2D eigenvalue weighted by Gasteiger charge is 2.63. The van der Waals surface area contributed by atoms with E-state index in [-0.39, 0.29) is 35.9 Å². The maximum Gasteiger partial charge on any atom is 0.339 e. The summed E-state index contributed by atoms with van der Waals surface area (Å²) in [5.41, 5.74) is 5.69. The van der Waals surface area contributed by atoms with Crippen LogP contribution in [-0.2, 0) is 40.6 Å². The number of nitrogens with two attached hydrogens (primary N) is 1. The van der Waals surface area contributed by atoms with E-state index in [1.165, 1.54) is 0 Å². The molecule has 3 N–H and O–H groups in total. The Bertz CT molecular complexity index is 1250. The Morgan fingerprint density at radius 1 is 1.06 bits per heavy atom. The molecular weight excluding hydrogens is 516 g/mol. The van der Waals surface area contributed by atoms with Gasteiger partial charge in [0.2, 0.25) is 0 Å². The monoisotopic (exact) mass is 540 g/mol. The lowest BCUT2D eigenvalue weighted by molar-refractivity contribution is -0.147. The molecular formula is C26H25BrN2O6. The second-order valence-electron chi connectivity index (χ2n) is 8.07.